The van der Waals surface area contributed by atoms with E-state index >= 15 is 0 Å². The largest absolute Gasteiger partial charge is 0.393 e. The van der Waals surface area contributed by atoms with Crippen LogP contribution in [0.5, 0.6) is 0 Å². The van der Waals surface area contributed by atoms with Crippen LogP contribution in [0.4, 0.5) is 0 Å². The van der Waals surface area contributed by atoms with Crippen LogP contribution in [0, 0.1) is 5.92 Å². The first-order valence-electron chi connectivity index (χ1n) is 8.67. The van der Waals surface area contributed by atoms with Crippen molar-refractivity contribution in [1.29, 1.82) is 0 Å². The molecular formula is C17H35NO. The number of unbranched alkanes of at least 4 members (excludes halogenated alkanes) is 4. The molecule has 1 saturated carbocycles. The van der Waals surface area contributed by atoms with Crippen molar-refractivity contribution in [2.24, 2.45) is 5.92 Å². The molecule has 2 atom stereocenters. The van der Waals surface area contributed by atoms with Crippen molar-refractivity contribution in [3.8, 4) is 0 Å². The van der Waals surface area contributed by atoms with Crippen molar-refractivity contribution >= 4 is 0 Å². The summed E-state index contributed by atoms with van der Waals surface area (Å²) in [7, 11) is 0. The van der Waals surface area contributed by atoms with Gasteiger partial charge in [-0.2, -0.15) is 0 Å². The first kappa shape index (κ1) is 17.0. The highest BCUT2D eigenvalue weighted by Gasteiger charge is 2.23. The van der Waals surface area contributed by atoms with Gasteiger partial charge >= 0.3 is 0 Å². The number of aliphatic hydroxyl groups is 1. The molecule has 0 amide bonds. The van der Waals surface area contributed by atoms with Crippen molar-refractivity contribution in [2.45, 2.75) is 96.6 Å². The van der Waals surface area contributed by atoms with Crippen LogP contribution in [0.1, 0.15) is 84.5 Å². The predicted molar refractivity (Wildman–Crippen MR) is 83.4 cm³/mol. The smallest absolute Gasteiger partial charge is 0.0543 e. The van der Waals surface area contributed by atoms with Crippen molar-refractivity contribution in [3.05, 3.63) is 0 Å². The molecule has 2 unspecified atom stereocenters. The molecule has 0 saturated heterocycles. The van der Waals surface area contributed by atoms with Crippen LogP contribution in [0.15, 0.2) is 0 Å². The average Bonchev–Trinajstić information content (AvgIpc) is 2.81. The Morgan fingerprint density at radius 3 is 2.11 bits per heavy atom. The maximum Gasteiger partial charge on any atom is 0.0543 e. The summed E-state index contributed by atoms with van der Waals surface area (Å²) < 4.78 is 0. The van der Waals surface area contributed by atoms with E-state index in [0.29, 0.717) is 0 Å². The fraction of sp³-hybridized carbons (Fsp3) is 1.00. The second-order valence-corrected chi connectivity index (χ2v) is 6.43. The van der Waals surface area contributed by atoms with Crippen LogP contribution < -0.4 is 5.32 Å². The molecule has 0 radical (unpaired) electrons. The summed E-state index contributed by atoms with van der Waals surface area (Å²) in [5.41, 5.74) is 0. The van der Waals surface area contributed by atoms with E-state index in [4.69, 9.17) is 0 Å². The lowest BCUT2D eigenvalue weighted by Gasteiger charge is -2.21. The topological polar surface area (TPSA) is 32.3 Å². The van der Waals surface area contributed by atoms with Gasteiger partial charge in [-0.15, -0.1) is 0 Å². The van der Waals surface area contributed by atoms with E-state index in [0.717, 1.165) is 31.3 Å². The molecule has 0 aromatic heterocycles. The van der Waals surface area contributed by atoms with E-state index in [1.165, 1.54) is 57.8 Å². The van der Waals surface area contributed by atoms with Gasteiger partial charge in [0, 0.05) is 6.04 Å². The number of rotatable bonds is 11. The predicted octanol–water partition coefficient (Wildman–Crippen LogP) is 4.27. The summed E-state index contributed by atoms with van der Waals surface area (Å²) in [6, 6.07) is 0.718. The third kappa shape index (κ3) is 7.94. The highest BCUT2D eigenvalue weighted by molar-refractivity contribution is 4.78. The molecule has 1 rings (SSSR count). The zero-order valence-corrected chi connectivity index (χ0v) is 13.2. The number of hydrogen-bond acceptors (Lipinski definition) is 2. The van der Waals surface area contributed by atoms with E-state index in [-0.39, 0.29) is 6.10 Å². The molecule has 0 bridgehead atoms. The van der Waals surface area contributed by atoms with Crippen molar-refractivity contribution in [1.82, 2.24) is 5.32 Å². The minimum absolute atomic E-state index is 0.0227. The van der Waals surface area contributed by atoms with E-state index in [2.05, 4.69) is 19.2 Å². The van der Waals surface area contributed by atoms with E-state index in [1.54, 1.807) is 0 Å². The highest BCUT2D eigenvalue weighted by Crippen LogP contribution is 2.25. The van der Waals surface area contributed by atoms with E-state index < -0.39 is 0 Å². The van der Waals surface area contributed by atoms with Gasteiger partial charge in [0.1, 0.15) is 0 Å². The number of nitrogens with one attached hydrogen (secondary N) is 1. The Balaban J connectivity index is 2.18. The normalized spacial score (nSPS) is 23.4. The summed E-state index contributed by atoms with van der Waals surface area (Å²) in [4.78, 5) is 0. The Bertz CT molecular complexity index is 197. The molecule has 1 aliphatic rings. The third-order valence-corrected chi connectivity index (χ3v) is 4.52. The van der Waals surface area contributed by atoms with Gasteiger partial charge < -0.3 is 10.4 Å². The first-order valence-corrected chi connectivity index (χ1v) is 8.67. The van der Waals surface area contributed by atoms with Crippen LogP contribution in [-0.4, -0.2) is 23.8 Å². The van der Waals surface area contributed by atoms with Crippen LogP contribution in [-0.2, 0) is 0 Å². The van der Waals surface area contributed by atoms with Crippen LogP contribution >= 0.6 is 0 Å². The molecule has 0 aromatic rings. The fourth-order valence-electron chi connectivity index (χ4n) is 3.20. The number of hydrogen-bond donors (Lipinski definition) is 2. The molecule has 19 heavy (non-hydrogen) atoms. The zero-order chi connectivity index (χ0) is 13.9. The Hall–Kier alpha value is -0.0800. The summed E-state index contributed by atoms with van der Waals surface area (Å²) in [5.74, 6) is 0.717. The second kappa shape index (κ2) is 10.7. The van der Waals surface area contributed by atoms with E-state index in [1.807, 2.05) is 0 Å². The minimum atomic E-state index is -0.0227. The Labute approximate surface area is 120 Å². The lowest BCUT2D eigenvalue weighted by atomic mass is 10.0. The molecule has 2 heteroatoms. The van der Waals surface area contributed by atoms with Crippen molar-refractivity contribution < 1.29 is 5.11 Å². The summed E-state index contributed by atoms with van der Waals surface area (Å²) in [6.07, 6.45) is 14.0. The Kier molecular flexibility index (Phi) is 9.54. The van der Waals surface area contributed by atoms with E-state index in [9.17, 15) is 5.11 Å². The highest BCUT2D eigenvalue weighted by atomic mass is 16.3. The van der Waals surface area contributed by atoms with Crippen LogP contribution in [0.25, 0.3) is 0 Å². The molecule has 1 fully saturated rings. The molecule has 0 aromatic carbocycles. The monoisotopic (exact) mass is 269 g/mol. The minimum Gasteiger partial charge on any atom is -0.393 e. The Morgan fingerprint density at radius 2 is 1.63 bits per heavy atom. The Morgan fingerprint density at radius 1 is 1.00 bits per heavy atom. The summed E-state index contributed by atoms with van der Waals surface area (Å²) >= 11 is 0. The van der Waals surface area contributed by atoms with Crippen molar-refractivity contribution in [3.63, 3.8) is 0 Å². The van der Waals surface area contributed by atoms with Gasteiger partial charge in [-0.05, 0) is 44.6 Å². The number of aliphatic hydroxyl groups excluding tert-OH is 1. The molecule has 1 aliphatic carbocycles. The molecular weight excluding hydrogens is 234 g/mol. The summed E-state index contributed by atoms with van der Waals surface area (Å²) in [5, 5.41) is 13.4. The van der Waals surface area contributed by atoms with Gasteiger partial charge in [-0.1, -0.05) is 52.4 Å². The van der Waals surface area contributed by atoms with Gasteiger partial charge in [0.2, 0.25) is 0 Å². The standard InChI is InChI=1S/C17H35NO/c1-3-5-7-9-16(10-8-6-4-2)18-14-15-11-12-17(19)13-15/h15-19H,3-14H2,1-2H3. The quantitative estimate of drug-likeness (QED) is 0.549. The summed E-state index contributed by atoms with van der Waals surface area (Å²) in [6.45, 7) is 5.68. The molecule has 2 nitrogen and oxygen atoms in total. The second-order valence-electron chi connectivity index (χ2n) is 6.43. The molecule has 0 spiro atoms. The van der Waals surface area contributed by atoms with Gasteiger partial charge in [0.15, 0.2) is 0 Å². The average molecular weight is 269 g/mol. The molecule has 0 heterocycles. The first-order chi connectivity index (χ1) is 9.26. The van der Waals surface area contributed by atoms with Crippen molar-refractivity contribution in [2.75, 3.05) is 6.54 Å². The van der Waals surface area contributed by atoms with Gasteiger partial charge in [-0.3, -0.25) is 0 Å². The lowest BCUT2D eigenvalue weighted by Crippen LogP contribution is -2.33. The maximum atomic E-state index is 9.58. The lowest BCUT2D eigenvalue weighted by molar-refractivity contribution is 0.177. The van der Waals surface area contributed by atoms with Crippen LogP contribution in [0.3, 0.4) is 0 Å². The van der Waals surface area contributed by atoms with Crippen LogP contribution in [0.2, 0.25) is 0 Å². The van der Waals surface area contributed by atoms with Gasteiger partial charge in [0.25, 0.3) is 0 Å². The molecule has 114 valence electrons. The fourth-order valence-corrected chi connectivity index (χ4v) is 3.20. The third-order valence-electron chi connectivity index (χ3n) is 4.52. The SMILES string of the molecule is CCCCCC(CCCCC)NCC1CCC(O)C1. The molecule has 2 N–H and O–H groups in total. The molecule has 0 aliphatic heterocycles. The van der Waals surface area contributed by atoms with Gasteiger partial charge in [-0.25, -0.2) is 0 Å². The maximum absolute atomic E-state index is 9.58. The van der Waals surface area contributed by atoms with Gasteiger partial charge in [0.05, 0.1) is 6.10 Å². The zero-order valence-electron chi connectivity index (χ0n) is 13.2.